The predicted molar refractivity (Wildman–Crippen MR) is 73.3 cm³/mol. The van der Waals surface area contributed by atoms with E-state index in [9.17, 15) is 0 Å². The van der Waals surface area contributed by atoms with Crippen molar-refractivity contribution in [2.45, 2.75) is 6.42 Å². The van der Waals surface area contributed by atoms with Crippen molar-refractivity contribution in [1.82, 2.24) is 0 Å². The molecule has 0 bridgehead atoms. The van der Waals surface area contributed by atoms with Crippen LogP contribution in [0.5, 0.6) is 0 Å². The highest BCUT2D eigenvalue weighted by molar-refractivity contribution is 5.78. The van der Waals surface area contributed by atoms with Crippen molar-refractivity contribution >= 4 is 22.7 Å². The summed E-state index contributed by atoms with van der Waals surface area (Å²) in [5.41, 5.74) is 27.4. The van der Waals surface area contributed by atoms with E-state index in [2.05, 4.69) is 0 Å². The van der Waals surface area contributed by atoms with Crippen molar-refractivity contribution in [3.8, 4) is 0 Å². The SMILES string of the molecule is Nc1cccc(Cc2cc(N)c(N)c(N)c2)c1. The molecular formula is C13H16N4. The number of anilines is 4. The summed E-state index contributed by atoms with van der Waals surface area (Å²) in [6, 6.07) is 11.4. The zero-order chi connectivity index (χ0) is 12.4. The molecule has 0 amide bonds. The van der Waals surface area contributed by atoms with Crippen LogP contribution in [0.1, 0.15) is 11.1 Å². The molecule has 0 aliphatic heterocycles. The first-order valence-electron chi connectivity index (χ1n) is 5.34. The summed E-state index contributed by atoms with van der Waals surface area (Å²) in [6.07, 6.45) is 0.736. The van der Waals surface area contributed by atoms with Gasteiger partial charge in [0.05, 0.1) is 17.1 Å². The lowest BCUT2D eigenvalue weighted by molar-refractivity contribution is 1.20. The summed E-state index contributed by atoms with van der Waals surface area (Å²) >= 11 is 0. The summed E-state index contributed by atoms with van der Waals surface area (Å²) in [4.78, 5) is 0. The summed E-state index contributed by atoms with van der Waals surface area (Å²) in [7, 11) is 0. The number of rotatable bonds is 2. The van der Waals surface area contributed by atoms with Crippen LogP contribution in [0.3, 0.4) is 0 Å². The lowest BCUT2D eigenvalue weighted by atomic mass is 10.0. The minimum absolute atomic E-state index is 0.446. The van der Waals surface area contributed by atoms with Crippen molar-refractivity contribution in [3.05, 3.63) is 47.5 Å². The lowest BCUT2D eigenvalue weighted by Gasteiger charge is -2.09. The summed E-state index contributed by atoms with van der Waals surface area (Å²) in [6.45, 7) is 0. The fourth-order valence-corrected chi connectivity index (χ4v) is 1.80. The van der Waals surface area contributed by atoms with Gasteiger partial charge in [0.2, 0.25) is 0 Å². The smallest absolute Gasteiger partial charge is 0.0781 e. The quantitative estimate of drug-likeness (QED) is 0.586. The minimum atomic E-state index is 0.446. The van der Waals surface area contributed by atoms with Crippen LogP contribution in [0.15, 0.2) is 36.4 Å². The van der Waals surface area contributed by atoms with Crippen LogP contribution in [0.4, 0.5) is 22.7 Å². The molecule has 0 aliphatic carbocycles. The van der Waals surface area contributed by atoms with E-state index in [1.54, 1.807) is 0 Å². The second-order valence-corrected chi connectivity index (χ2v) is 4.11. The van der Waals surface area contributed by atoms with Crippen LogP contribution in [0.2, 0.25) is 0 Å². The van der Waals surface area contributed by atoms with E-state index >= 15 is 0 Å². The normalized spacial score (nSPS) is 10.4. The Balaban J connectivity index is 2.31. The molecule has 0 radical (unpaired) electrons. The van der Waals surface area contributed by atoms with E-state index in [0.29, 0.717) is 17.1 Å². The zero-order valence-corrected chi connectivity index (χ0v) is 9.48. The van der Waals surface area contributed by atoms with Gasteiger partial charge in [0.15, 0.2) is 0 Å². The van der Waals surface area contributed by atoms with E-state index in [1.807, 2.05) is 36.4 Å². The van der Waals surface area contributed by atoms with Crippen LogP contribution in [-0.4, -0.2) is 0 Å². The Bertz CT molecular complexity index is 526. The maximum absolute atomic E-state index is 5.78. The number of hydrogen-bond acceptors (Lipinski definition) is 4. The first-order valence-corrected chi connectivity index (χ1v) is 5.34. The summed E-state index contributed by atoms with van der Waals surface area (Å²) in [5, 5.41) is 0. The highest BCUT2D eigenvalue weighted by Crippen LogP contribution is 2.25. The molecule has 17 heavy (non-hydrogen) atoms. The van der Waals surface area contributed by atoms with E-state index in [-0.39, 0.29) is 0 Å². The molecule has 8 N–H and O–H groups in total. The second-order valence-electron chi connectivity index (χ2n) is 4.11. The first kappa shape index (κ1) is 11.1. The number of nitrogens with two attached hydrogens (primary N) is 4. The molecule has 2 aromatic carbocycles. The van der Waals surface area contributed by atoms with Gasteiger partial charge < -0.3 is 22.9 Å². The highest BCUT2D eigenvalue weighted by Gasteiger charge is 2.04. The van der Waals surface area contributed by atoms with Crippen LogP contribution < -0.4 is 22.9 Å². The zero-order valence-electron chi connectivity index (χ0n) is 9.48. The molecule has 0 saturated carbocycles. The fourth-order valence-electron chi connectivity index (χ4n) is 1.80. The summed E-state index contributed by atoms with van der Waals surface area (Å²) < 4.78 is 0. The minimum Gasteiger partial charge on any atom is -0.399 e. The topological polar surface area (TPSA) is 104 Å². The molecule has 0 saturated heterocycles. The van der Waals surface area contributed by atoms with Gasteiger partial charge in [0.25, 0.3) is 0 Å². The van der Waals surface area contributed by atoms with Gasteiger partial charge in [-0.05, 0) is 41.8 Å². The molecule has 4 nitrogen and oxygen atoms in total. The largest absolute Gasteiger partial charge is 0.399 e. The van der Waals surface area contributed by atoms with Crippen LogP contribution in [0.25, 0.3) is 0 Å². The Morgan fingerprint density at radius 1 is 0.765 bits per heavy atom. The van der Waals surface area contributed by atoms with Crippen molar-refractivity contribution < 1.29 is 0 Å². The Morgan fingerprint density at radius 2 is 1.41 bits per heavy atom. The number of benzene rings is 2. The maximum Gasteiger partial charge on any atom is 0.0781 e. The molecule has 0 aliphatic rings. The van der Waals surface area contributed by atoms with Gasteiger partial charge in [-0.3, -0.25) is 0 Å². The molecular weight excluding hydrogens is 212 g/mol. The molecule has 0 fully saturated rings. The van der Waals surface area contributed by atoms with Gasteiger partial charge in [-0.1, -0.05) is 12.1 Å². The predicted octanol–water partition coefficient (Wildman–Crippen LogP) is 1.61. The Morgan fingerprint density at radius 3 is 2.00 bits per heavy atom. The van der Waals surface area contributed by atoms with Crippen LogP contribution >= 0.6 is 0 Å². The van der Waals surface area contributed by atoms with Crippen molar-refractivity contribution in [2.24, 2.45) is 0 Å². The third-order valence-electron chi connectivity index (χ3n) is 2.66. The second kappa shape index (κ2) is 4.25. The van der Waals surface area contributed by atoms with Gasteiger partial charge in [-0.25, -0.2) is 0 Å². The molecule has 0 aromatic heterocycles. The fraction of sp³-hybridized carbons (Fsp3) is 0.0769. The maximum atomic E-state index is 5.78. The van der Waals surface area contributed by atoms with Gasteiger partial charge in [0, 0.05) is 5.69 Å². The van der Waals surface area contributed by atoms with E-state index in [0.717, 1.165) is 23.2 Å². The van der Waals surface area contributed by atoms with E-state index in [1.165, 1.54) is 0 Å². The van der Waals surface area contributed by atoms with Crippen molar-refractivity contribution in [3.63, 3.8) is 0 Å². The van der Waals surface area contributed by atoms with Crippen LogP contribution in [-0.2, 0) is 6.42 Å². The van der Waals surface area contributed by atoms with Gasteiger partial charge >= 0.3 is 0 Å². The molecule has 0 unspecified atom stereocenters. The molecule has 0 atom stereocenters. The molecule has 2 aromatic rings. The Hall–Kier alpha value is -2.36. The highest BCUT2D eigenvalue weighted by atomic mass is 14.7. The molecule has 0 heterocycles. The number of nitrogen functional groups attached to an aromatic ring is 4. The third kappa shape index (κ3) is 2.42. The Labute approximate surface area is 100 Å². The van der Waals surface area contributed by atoms with Crippen LogP contribution in [0, 0.1) is 0 Å². The van der Waals surface area contributed by atoms with Gasteiger partial charge in [-0.15, -0.1) is 0 Å². The molecule has 0 spiro atoms. The third-order valence-corrected chi connectivity index (χ3v) is 2.66. The van der Waals surface area contributed by atoms with Crippen molar-refractivity contribution in [1.29, 1.82) is 0 Å². The Kier molecular flexibility index (Phi) is 2.78. The lowest BCUT2D eigenvalue weighted by Crippen LogP contribution is -2.02. The first-order chi connectivity index (χ1) is 8.06. The van der Waals surface area contributed by atoms with Crippen molar-refractivity contribution in [2.75, 3.05) is 22.9 Å². The number of hydrogen-bond donors (Lipinski definition) is 4. The average molecular weight is 228 g/mol. The van der Waals surface area contributed by atoms with E-state index < -0.39 is 0 Å². The standard InChI is InChI=1S/C13H16N4/c14-10-3-1-2-8(5-10)4-9-6-11(15)13(17)12(16)7-9/h1-3,5-7H,4,14-17H2. The van der Waals surface area contributed by atoms with Gasteiger partial charge in [0.1, 0.15) is 0 Å². The molecule has 2 rings (SSSR count). The monoisotopic (exact) mass is 228 g/mol. The average Bonchev–Trinajstić information content (AvgIpc) is 2.26. The van der Waals surface area contributed by atoms with Gasteiger partial charge in [-0.2, -0.15) is 0 Å². The molecule has 88 valence electrons. The van der Waals surface area contributed by atoms with E-state index in [4.69, 9.17) is 22.9 Å². The summed E-state index contributed by atoms with van der Waals surface area (Å²) in [5.74, 6) is 0. The molecule has 4 heteroatoms.